The minimum atomic E-state index is -2.35. The molecule has 0 saturated carbocycles. The number of aromatic hydroxyl groups is 7. The van der Waals surface area contributed by atoms with E-state index in [1.54, 1.807) is 0 Å². The van der Waals surface area contributed by atoms with Gasteiger partial charge in [-0.3, -0.25) is 4.79 Å². The van der Waals surface area contributed by atoms with Gasteiger partial charge in [0.15, 0.2) is 17.2 Å². The number of rotatable bonds is 3. The van der Waals surface area contributed by atoms with Crippen LogP contribution in [0.25, 0.3) is 0 Å². The van der Waals surface area contributed by atoms with E-state index in [1.165, 1.54) is 0 Å². The lowest BCUT2D eigenvalue weighted by Crippen LogP contribution is -2.54. The fraction of sp³-hybridized carbons (Fsp3) is 0.136. The standard InChI is InChI=1S/C22H18O10/c23-11-3-10(4-12(24)5-11)22(21(31)9-1-16(27)20(30)17(28)2-9)19(29)8-14-15(26)6-13(25)7-18(14)32-22/h1-7,19,23-30H,8H2. The summed E-state index contributed by atoms with van der Waals surface area (Å²) >= 11 is 0. The lowest BCUT2D eigenvalue weighted by Gasteiger charge is -2.41. The zero-order valence-corrected chi connectivity index (χ0v) is 16.2. The molecule has 0 spiro atoms. The topological polar surface area (TPSA) is 188 Å². The number of phenolic OH excluding ortho intramolecular Hbond substituents is 7. The van der Waals surface area contributed by atoms with Crippen molar-refractivity contribution in [2.24, 2.45) is 0 Å². The maximum Gasteiger partial charge on any atom is 0.222 e. The number of Topliss-reactive ketones (excluding diaryl/α,β-unsaturated/α-hetero) is 1. The van der Waals surface area contributed by atoms with Gasteiger partial charge in [-0.25, -0.2) is 0 Å². The van der Waals surface area contributed by atoms with Crippen LogP contribution < -0.4 is 4.74 Å². The van der Waals surface area contributed by atoms with E-state index in [9.17, 15) is 45.6 Å². The Morgan fingerprint density at radius 3 is 1.94 bits per heavy atom. The normalized spacial score (nSPS) is 19.7. The molecule has 0 saturated heterocycles. The predicted octanol–water partition coefficient (Wildman–Crippen LogP) is 1.70. The molecule has 0 radical (unpaired) electrons. The van der Waals surface area contributed by atoms with Gasteiger partial charge in [0.2, 0.25) is 11.4 Å². The zero-order chi connectivity index (χ0) is 23.4. The molecule has 2 atom stereocenters. The summed E-state index contributed by atoms with van der Waals surface area (Å²) < 4.78 is 5.85. The first-order chi connectivity index (χ1) is 15.0. The van der Waals surface area contributed by atoms with Crippen molar-refractivity contribution >= 4 is 5.78 Å². The number of aliphatic hydroxyl groups is 1. The molecule has 1 heterocycles. The summed E-state index contributed by atoms with van der Waals surface area (Å²) in [6, 6.07) is 6.93. The minimum Gasteiger partial charge on any atom is -0.508 e. The number of ether oxygens (including phenoxy) is 1. The average Bonchev–Trinajstić information content (AvgIpc) is 2.70. The average molecular weight is 442 g/mol. The number of aliphatic hydroxyl groups excluding tert-OH is 1. The maximum absolute atomic E-state index is 13.7. The van der Waals surface area contributed by atoms with E-state index < -0.39 is 57.7 Å². The summed E-state index contributed by atoms with van der Waals surface area (Å²) in [5, 5.41) is 80.3. The van der Waals surface area contributed by atoms with E-state index in [1.807, 2.05) is 0 Å². The van der Waals surface area contributed by atoms with Crippen molar-refractivity contribution in [2.75, 3.05) is 0 Å². The fourth-order valence-electron chi connectivity index (χ4n) is 3.83. The lowest BCUT2D eigenvalue weighted by molar-refractivity contribution is -0.0495. The number of hydrogen-bond donors (Lipinski definition) is 8. The van der Waals surface area contributed by atoms with Crippen LogP contribution in [0, 0.1) is 0 Å². The zero-order valence-electron chi connectivity index (χ0n) is 16.2. The Kier molecular flexibility index (Phi) is 4.67. The van der Waals surface area contributed by atoms with E-state index in [0.29, 0.717) is 0 Å². The van der Waals surface area contributed by atoms with E-state index in [0.717, 1.165) is 42.5 Å². The molecule has 10 heteroatoms. The van der Waals surface area contributed by atoms with Gasteiger partial charge in [0.05, 0.1) is 0 Å². The Hall–Kier alpha value is -4.31. The summed E-state index contributed by atoms with van der Waals surface area (Å²) in [5.41, 5.74) is -2.82. The van der Waals surface area contributed by atoms with Crippen LogP contribution in [0.5, 0.6) is 46.0 Å². The van der Waals surface area contributed by atoms with Crippen LogP contribution in [-0.4, -0.2) is 52.7 Å². The lowest BCUT2D eigenvalue weighted by atomic mass is 9.76. The number of fused-ring (bicyclic) bond motifs is 1. The van der Waals surface area contributed by atoms with Crippen LogP contribution in [0.1, 0.15) is 21.5 Å². The summed E-state index contributed by atoms with van der Waals surface area (Å²) in [6.07, 6.45) is -2.03. The number of carbonyl (C=O) groups is 1. The highest BCUT2D eigenvalue weighted by Gasteiger charge is 2.53. The van der Waals surface area contributed by atoms with Gasteiger partial charge in [0.1, 0.15) is 34.9 Å². The smallest absolute Gasteiger partial charge is 0.222 e. The number of hydrogen-bond acceptors (Lipinski definition) is 10. The molecule has 8 N–H and O–H groups in total. The summed E-state index contributed by atoms with van der Waals surface area (Å²) in [7, 11) is 0. The van der Waals surface area contributed by atoms with Crippen LogP contribution in [0.2, 0.25) is 0 Å². The molecule has 166 valence electrons. The molecule has 32 heavy (non-hydrogen) atoms. The largest absolute Gasteiger partial charge is 0.508 e. The molecule has 0 aliphatic carbocycles. The highest BCUT2D eigenvalue weighted by atomic mass is 16.5. The highest BCUT2D eigenvalue weighted by Crippen LogP contribution is 2.48. The van der Waals surface area contributed by atoms with Gasteiger partial charge >= 0.3 is 0 Å². The second-order valence-corrected chi connectivity index (χ2v) is 7.43. The second kappa shape index (κ2) is 7.13. The molecule has 0 amide bonds. The van der Waals surface area contributed by atoms with Crippen LogP contribution >= 0.6 is 0 Å². The fourth-order valence-corrected chi connectivity index (χ4v) is 3.83. The minimum absolute atomic E-state index is 0.0968. The first kappa shape index (κ1) is 20.9. The first-order valence-corrected chi connectivity index (χ1v) is 9.28. The number of phenols is 7. The van der Waals surface area contributed by atoms with E-state index >= 15 is 0 Å². The van der Waals surface area contributed by atoms with Crippen LogP contribution in [-0.2, 0) is 12.0 Å². The summed E-state index contributed by atoms with van der Waals surface area (Å²) in [6.45, 7) is 0. The van der Waals surface area contributed by atoms with E-state index in [-0.39, 0.29) is 28.9 Å². The van der Waals surface area contributed by atoms with Gasteiger partial charge in [0, 0.05) is 41.3 Å². The molecule has 0 fully saturated rings. The van der Waals surface area contributed by atoms with Crippen molar-refractivity contribution < 1.29 is 50.4 Å². The van der Waals surface area contributed by atoms with Crippen molar-refractivity contribution in [3.05, 3.63) is 59.2 Å². The van der Waals surface area contributed by atoms with E-state index in [2.05, 4.69) is 0 Å². The maximum atomic E-state index is 13.7. The van der Waals surface area contributed by atoms with Crippen molar-refractivity contribution in [1.82, 2.24) is 0 Å². The molecule has 3 aromatic carbocycles. The molecule has 4 rings (SSSR count). The highest BCUT2D eigenvalue weighted by molar-refractivity contribution is 6.05. The van der Waals surface area contributed by atoms with Crippen molar-refractivity contribution in [1.29, 1.82) is 0 Å². The Morgan fingerprint density at radius 2 is 1.34 bits per heavy atom. The van der Waals surface area contributed by atoms with Gasteiger partial charge in [-0.1, -0.05) is 0 Å². The molecular formula is C22H18O10. The summed E-state index contributed by atoms with van der Waals surface area (Å²) in [5.74, 6) is -5.36. The number of carbonyl (C=O) groups excluding carboxylic acids is 1. The first-order valence-electron chi connectivity index (χ1n) is 9.28. The third-order valence-electron chi connectivity index (χ3n) is 5.31. The number of benzene rings is 3. The van der Waals surface area contributed by atoms with Gasteiger partial charge < -0.3 is 45.6 Å². The monoisotopic (exact) mass is 442 g/mol. The van der Waals surface area contributed by atoms with Gasteiger partial charge in [-0.2, -0.15) is 0 Å². The van der Waals surface area contributed by atoms with Gasteiger partial charge in [-0.05, 0) is 24.3 Å². The third kappa shape index (κ3) is 3.13. The number of ketones is 1. The van der Waals surface area contributed by atoms with Crippen LogP contribution in [0.15, 0.2) is 42.5 Å². The molecule has 0 aromatic heterocycles. The molecular weight excluding hydrogens is 424 g/mol. The third-order valence-corrected chi connectivity index (χ3v) is 5.31. The van der Waals surface area contributed by atoms with Crippen LogP contribution in [0.3, 0.4) is 0 Å². The molecule has 0 bridgehead atoms. The molecule has 10 nitrogen and oxygen atoms in total. The quantitative estimate of drug-likeness (QED) is 0.219. The Balaban J connectivity index is 1.99. The Labute approximate surface area is 180 Å². The van der Waals surface area contributed by atoms with E-state index in [4.69, 9.17) is 4.74 Å². The van der Waals surface area contributed by atoms with Crippen LogP contribution in [0.4, 0.5) is 0 Å². The van der Waals surface area contributed by atoms with Crippen molar-refractivity contribution in [3.63, 3.8) is 0 Å². The summed E-state index contributed by atoms with van der Waals surface area (Å²) in [4.78, 5) is 13.7. The molecule has 1 aliphatic rings. The SMILES string of the molecule is O=C(c1cc(O)c(O)c(O)c1)C1(c2cc(O)cc(O)c2)Oc2cc(O)cc(O)c2CC1O. The van der Waals surface area contributed by atoms with Crippen molar-refractivity contribution in [2.45, 2.75) is 18.1 Å². The molecule has 1 aliphatic heterocycles. The molecule has 3 aromatic rings. The second-order valence-electron chi connectivity index (χ2n) is 7.43. The van der Waals surface area contributed by atoms with Gasteiger partial charge in [-0.15, -0.1) is 0 Å². The van der Waals surface area contributed by atoms with Crippen molar-refractivity contribution in [3.8, 4) is 46.0 Å². The Bertz CT molecular complexity index is 1210. The predicted molar refractivity (Wildman–Crippen MR) is 107 cm³/mol. The van der Waals surface area contributed by atoms with Gasteiger partial charge in [0.25, 0.3) is 0 Å². The molecule has 2 unspecified atom stereocenters. The Morgan fingerprint density at radius 1 is 0.781 bits per heavy atom.